The van der Waals surface area contributed by atoms with E-state index in [2.05, 4.69) is 48.7 Å². The minimum atomic E-state index is 0.241. The maximum Gasteiger partial charge on any atom is 0.143 e. The fraction of sp³-hybridized carbons (Fsp3) is 0.545. The number of morpholine rings is 1. The lowest BCUT2D eigenvalue weighted by Crippen LogP contribution is -2.49. The van der Waals surface area contributed by atoms with Crippen LogP contribution in [0.2, 0.25) is 0 Å². The fourth-order valence-corrected chi connectivity index (χ4v) is 2.67. The van der Waals surface area contributed by atoms with Crippen molar-refractivity contribution in [3.63, 3.8) is 0 Å². The zero-order chi connectivity index (χ0) is 11.5. The number of anilines is 1. The Balaban J connectivity index is 2.21. The molecule has 1 saturated heterocycles. The van der Waals surface area contributed by atoms with Gasteiger partial charge in [-0.1, -0.05) is 15.9 Å². The molecule has 2 rings (SSSR count). The summed E-state index contributed by atoms with van der Waals surface area (Å²) >= 11 is 7.01. The van der Waals surface area contributed by atoms with Crippen LogP contribution in [-0.4, -0.2) is 35.6 Å². The highest BCUT2D eigenvalue weighted by atomic mass is 79.9. The molecular weight excluding hydrogens is 336 g/mol. The molecule has 1 aromatic heterocycles. The smallest absolute Gasteiger partial charge is 0.143 e. The Morgan fingerprint density at radius 3 is 3.12 bits per heavy atom. The zero-order valence-electron chi connectivity index (χ0n) is 9.07. The number of rotatable bonds is 2. The van der Waals surface area contributed by atoms with E-state index in [1.165, 1.54) is 0 Å². The first kappa shape index (κ1) is 12.3. The van der Waals surface area contributed by atoms with Crippen molar-refractivity contribution in [2.75, 3.05) is 23.4 Å². The highest BCUT2D eigenvalue weighted by molar-refractivity contribution is 9.10. The number of nitrogens with zero attached hydrogens (tertiary/aromatic N) is 2. The van der Waals surface area contributed by atoms with Crippen LogP contribution in [0.5, 0.6) is 0 Å². The van der Waals surface area contributed by atoms with Crippen molar-refractivity contribution in [2.45, 2.75) is 19.1 Å². The van der Waals surface area contributed by atoms with Crippen molar-refractivity contribution in [3.8, 4) is 0 Å². The van der Waals surface area contributed by atoms with E-state index in [0.29, 0.717) is 6.04 Å². The summed E-state index contributed by atoms with van der Waals surface area (Å²) in [5, 5.41) is 0.862. The first-order valence-electron chi connectivity index (χ1n) is 5.27. The van der Waals surface area contributed by atoms with Gasteiger partial charge in [0.15, 0.2) is 0 Å². The summed E-state index contributed by atoms with van der Waals surface area (Å²) in [5.74, 6) is 1.00. The van der Waals surface area contributed by atoms with Gasteiger partial charge in [-0.25, -0.2) is 4.98 Å². The van der Waals surface area contributed by atoms with Gasteiger partial charge in [-0.15, -0.1) is 0 Å². The summed E-state index contributed by atoms with van der Waals surface area (Å²) < 4.78 is 6.74. The molecule has 0 N–H and O–H groups in total. The molecule has 88 valence electrons. The molecule has 1 fully saturated rings. The van der Waals surface area contributed by atoms with Crippen LogP contribution in [0, 0.1) is 0 Å². The summed E-state index contributed by atoms with van der Waals surface area (Å²) in [7, 11) is 0. The average molecular weight is 350 g/mol. The molecule has 2 unspecified atom stereocenters. The van der Waals surface area contributed by atoms with Crippen LogP contribution >= 0.6 is 31.9 Å². The van der Waals surface area contributed by atoms with Crippen LogP contribution in [0.4, 0.5) is 5.82 Å². The van der Waals surface area contributed by atoms with E-state index in [0.717, 1.165) is 28.8 Å². The molecule has 5 heteroatoms. The molecule has 0 bridgehead atoms. The summed E-state index contributed by atoms with van der Waals surface area (Å²) in [5.41, 5.74) is 0. The van der Waals surface area contributed by atoms with Crippen molar-refractivity contribution >= 4 is 37.7 Å². The van der Waals surface area contributed by atoms with E-state index >= 15 is 0 Å². The Bertz CT molecular complexity index is 362. The Kier molecular flexibility index (Phi) is 4.21. The molecule has 0 amide bonds. The normalized spacial score (nSPS) is 25.8. The van der Waals surface area contributed by atoms with Crippen molar-refractivity contribution in [2.24, 2.45) is 0 Å². The molecule has 0 aromatic carbocycles. The quantitative estimate of drug-likeness (QED) is 0.768. The van der Waals surface area contributed by atoms with Gasteiger partial charge in [-0.3, -0.25) is 0 Å². The van der Waals surface area contributed by atoms with Gasteiger partial charge in [0.1, 0.15) is 5.82 Å². The minimum absolute atomic E-state index is 0.241. The molecule has 1 aliphatic rings. The number of hydrogen-bond acceptors (Lipinski definition) is 3. The maximum atomic E-state index is 5.70. The van der Waals surface area contributed by atoms with Gasteiger partial charge in [0.25, 0.3) is 0 Å². The molecule has 3 nitrogen and oxygen atoms in total. The maximum absolute atomic E-state index is 5.70. The van der Waals surface area contributed by atoms with Crippen LogP contribution in [0.3, 0.4) is 0 Å². The zero-order valence-corrected chi connectivity index (χ0v) is 12.2. The molecule has 0 radical (unpaired) electrons. The summed E-state index contributed by atoms with van der Waals surface area (Å²) in [6.45, 7) is 3.78. The SMILES string of the molecule is CC1COC(CBr)CN1c1ncccc1Br. The van der Waals surface area contributed by atoms with Crippen molar-refractivity contribution < 1.29 is 4.74 Å². The third-order valence-electron chi connectivity index (χ3n) is 2.69. The molecule has 2 atom stereocenters. The monoisotopic (exact) mass is 348 g/mol. The highest BCUT2D eigenvalue weighted by Crippen LogP contribution is 2.27. The Morgan fingerprint density at radius 1 is 1.62 bits per heavy atom. The predicted octanol–water partition coefficient (Wildman–Crippen LogP) is 2.83. The van der Waals surface area contributed by atoms with E-state index in [-0.39, 0.29) is 6.10 Å². The van der Waals surface area contributed by atoms with Gasteiger partial charge in [-0.2, -0.15) is 0 Å². The average Bonchev–Trinajstić information content (AvgIpc) is 2.31. The molecule has 1 aliphatic heterocycles. The van der Waals surface area contributed by atoms with E-state index in [1.54, 1.807) is 0 Å². The number of halogens is 2. The molecule has 2 heterocycles. The molecule has 16 heavy (non-hydrogen) atoms. The van der Waals surface area contributed by atoms with Gasteiger partial charge in [0, 0.05) is 18.1 Å². The van der Waals surface area contributed by atoms with Crippen LogP contribution in [0.25, 0.3) is 0 Å². The van der Waals surface area contributed by atoms with Crippen molar-refractivity contribution in [3.05, 3.63) is 22.8 Å². The van der Waals surface area contributed by atoms with Crippen LogP contribution < -0.4 is 4.90 Å². The molecule has 0 saturated carbocycles. The lowest BCUT2D eigenvalue weighted by molar-refractivity contribution is 0.0376. The van der Waals surface area contributed by atoms with E-state index in [1.807, 2.05) is 18.3 Å². The van der Waals surface area contributed by atoms with E-state index < -0.39 is 0 Å². The first-order valence-corrected chi connectivity index (χ1v) is 7.18. The third kappa shape index (κ3) is 2.57. The second kappa shape index (κ2) is 5.47. The second-order valence-corrected chi connectivity index (χ2v) is 5.42. The lowest BCUT2D eigenvalue weighted by atomic mass is 10.2. The number of aromatic nitrogens is 1. The summed E-state index contributed by atoms with van der Waals surface area (Å²) in [4.78, 5) is 6.72. The van der Waals surface area contributed by atoms with Crippen molar-refractivity contribution in [1.29, 1.82) is 0 Å². The van der Waals surface area contributed by atoms with Crippen LogP contribution in [0.1, 0.15) is 6.92 Å². The Hall–Kier alpha value is -0.130. The molecule has 0 spiro atoms. The minimum Gasteiger partial charge on any atom is -0.373 e. The number of ether oxygens (including phenoxy) is 1. The largest absolute Gasteiger partial charge is 0.373 e. The van der Waals surface area contributed by atoms with E-state index in [9.17, 15) is 0 Å². The fourth-order valence-electron chi connectivity index (χ4n) is 1.79. The summed E-state index contributed by atoms with van der Waals surface area (Å²) in [6, 6.07) is 4.32. The molecule has 1 aromatic rings. The highest BCUT2D eigenvalue weighted by Gasteiger charge is 2.27. The Labute approximate surface area is 112 Å². The Morgan fingerprint density at radius 2 is 2.44 bits per heavy atom. The van der Waals surface area contributed by atoms with E-state index in [4.69, 9.17) is 4.74 Å². The van der Waals surface area contributed by atoms with Gasteiger partial charge in [-0.05, 0) is 35.0 Å². The number of alkyl halides is 1. The lowest BCUT2D eigenvalue weighted by Gasteiger charge is -2.38. The number of pyridine rings is 1. The third-order valence-corrected chi connectivity index (χ3v) is 4.03. The standard InChI is InChI=1S/C11H14Br2N2O/c1-8-7-16-9(5-12)6-15(8)11-10(13)3-2-4-14-11/h2-4,8-9H,5-7H2,1H3. The van der Waals surface area contributed by atoms with Crippen LogP contribution in [0.15, 0.2) is 22.8 Å². The number of hydrogen-bond donors (Lipinski definition) is 0. The van der Waals surface area contributed by atoms with Gasteiger partial charge in [0.2, 0.25) is 0 Å². The molecule has 0 aliphatic carbocycles. The van der Waals surface area contributed by atoms with Crippen LogP contribution in [-0.2, 0) is 4.74 Å². The molecular formula is C11H14Br2N2O. The van der Waals surface area contributed by atoms with Crippen molar-refractivity contribution in [1.82, 2.24) is 4.98 Å². The second-order valence-electron chi connectivity index (χ2n) is 3.92. The first-order chi connectivity index (χ1) is 7.72. The van der Waals surface area contributed by atoms with Gasteiger partial charge >= 0.3 is 0 Å². The van der Waals surface area contributed by atoms with Gasteiger partial charge < -0.3 is 9.64 Å². The van der Waals surface area contributed by atoms with Gasteiger partial charge in [0.05, 0.1) is 23.2 Å². The predicted molar refractivity (Wildman–Crippen MR) is 72.3 cm³/mol. The topological polar surface area (TPSA) is 25.4 Å². The summed E-state index contributed by atoms with van der Waals surface area (Å²) in [6.07, 6.45) is 2.07.